The Labute approximate surface area is 106 Å². The standard InChI is InChI=1S/C15H27NO/c1-12-6-5-9-16(10-12)11-13-7-4-8-15(2,3)14(13)17/h12-13H,4-11H2,1-3H3. The predicted molar refractivity (Wildman–Crippen MR) is 71.0 cm³/mol. The largest absolute Gasteiger partial charge is 0.302 e. The maximum Gasteiger partial charge on any atom is 0.142 e. The van der Waals surface area contributed by atoms with Crippen LogP contribution in [-0.2, 0) is 4.79 Å². The zero-order valence-electron chi connectivity index (χ0n) is 11.7. The maximum absolute atomic E-state index is 12.4. The smallest absolute Gasteiger partial charge is 0.142 e. The van der Waals surface area contributed by atoms with Crippen LogP contribution in [0.4, 0.5) is 0 Å². The summed E-state index contributed by atoms with van der Waals surface area (Å²) in [7, 11) is 0. The molecular weight excluding hydrogens is 210 g/mol. The molecule has 1 heterocycles. The highest BCUT2D eigenvalue weighted by atomic mass is 16.1. The molecule has 2 aliphatic rings. The van der Waals surface area contributed by atoms with Gasteiger partial charge in [0.25, 0.3) is 0 Å². The van der Waals surface area contributed by atoms with E-state index in [-0.39, 0.29) is 5.41 Å². The van der Waals surface area contributed by atoms with Gasteiger partial charge in [-0.05, 0) is 38.1 Å². The molecule has 98 valence electrons. The highest BCUT2D eigenvalue weighted by Gasteiger charge is 2.38. The van der Waals surface area contributed by atoms with Crippen molar-refractivity contribution in [3.8, 4) is 0 Å². The zero-order chi connectivity index (χ0) is 12.5. The van der Waals surface area contributed by atoms with Gasteiger partial charge in [-0.1, -0.05) is 27.2 Å². The van der Waals surface area contributed by atoms with Crippen molar-refractivity contribution in [1.82, 2.24) is 4.90 Å². The number of piperidine rings is 1. The third kappa shape index (κ3) is 3.09. The molecule has 0 N–H and O–H groups in total. The first-order chi connectivity index (χ1) is 7.99. The van der Waals surface area contributed by atoms with Crippen LogP contribution >= 0.6 is 0 Å². The number of Topliss-reactive ketones (excluding diaryl/α,β-unsaturated/α-hetero) is 1. The van der Waals surface area contributed by atoms with Crippen molar-refractivity contribution in [1.29, 1.82) is 0 Å². The molecule has 0 radical (unpaired) electrons. The van der Waals surface area contributed by atoms with Crippen molar-refractivity contribution in [3.05, 3.63) is 0 Å². The second-order valence-electron chi connectivity index (χ2n) is 6.84. The Morgan fingerprint density at radius 3 is 2.76 bits per heavy atom. The Hall–Kier alpha value is -0.370. The second-order valence-corrected chi connectivity index (χ2v) is 6.84. The van der Waals surface area contributed by atoms with Crippen LogP contribution in [0.1, 0.15) is 52.9 Å². The van der Waals surface area contributed by atoms with Gasteiger partial charge < -0.3 is 4.90 Å². The van der Waals surface area contributed by atoms with E-state index >= 15 is 0 Å². The lowest BCUT2D eigenvalue weighted by atomic mass is 9.71. The highest BCUT2D eigenvalue weighted by molar-refractivity contribution is 5.87. The van der Waals surface area contributed by atoms with Crippen molar-refractivity contribution >= 4 is 5.78 Å². The fraction of sp³-hybridized carbons (Fsp3) is 0.933. The number of ketones is 1. The fourth-order valence-corrected chi connectivity index (χ4v) is 3.54. The number of likely N-dealkylation sites (tertiary alicyclic amines) is 1. The minimum Gasteiger partial charge on any atom is -0.302 e. The van der Waals surface area contributed by atoms with Gasteiger partial charge in [0, 0.05) is 24.4 Å². The SMILES string of the molecule is CC1CCCN(CC2CCCC(C)(C)C2=O)C1. The minimum absolute atomic E-state index is 0.0652. The normalized spacial score (nSPS) is 34.9. The summed E-state index contributed by atoms with van der Waals surface area (Å²) in [5.41, 5.74) is -0.0652. The summed E-state index contributed by atoms with van der Waals surface area (Å²) < 4.78 is 0. The molecule has 0 amide bonds. The summed E-state index contributed by atoms with van der Waals surface area (Å²) >= 11 is 0. The summed E-state index contributed by atoms with van der Waals surface area (Å²) in [6.45, 7) is 10.0. The molecular formula is C15H27NO. The van der Waals surface area contributed by atoms with Crippen molar-refractivity contribution in [2.24, 2.45) is 17.3 Å². The van der Waals surface area contributed by atoms with E-state index in [9.17, 15) is 4.79 Å². The summed E-state index contributed by atoms with van der Waals surface area (Å²) in [6, 6.07) is 0. The Bertz CT molecular complexity index is 285. The quantitative estimate of drug-likeness (QED) is 0.735. The third-order valence-corrected chi connectivity index (χ3v) is 4.61. The van der Waals surface area contributed by atoms with Crippen LogP contribution in [0.5, 0.6) is 0 Å². The number of hydrogen-bond donors (Lipinski definition) is 0. The first kappa shape index (κ1) is 13.1. The molecule has 2 fully saturated rings. The van der Waals surface area contributed by atoms with E-state index < -0.39 is 0 Å². The molecule has 2 nitrogen and oxygen atoms in total. The molecule has 0 bridgehead atoms. The van der Waals surface area contributed by atoms with Crippen LogP contribution < -0.4 is 0 Å². The lowest BCUT2D eigenvalue weighted by Crippen LogP contribution is -2.44. The number of carbonyl (C=O) groups excluding carboxylic acids is 1. The zero-order valence-corrected chi connectivity index (χ0v) is 11.7. The molecule has 2 unspecified atom stereocenters. The Balaban J connectivity index is 1.91. The molecule has 0 aromatic rings. The van der Waals surface area contributed by atoms with Crippen molar-refractivity contribution in [3.63, 3.8) is 0 Å². The monoisotopic (exact) mass is 237 g/mol. The Kier molecular flexibility index (Phi) is 3.92. The van der Waals surface area contributed by atoms with Gasteiger partial charge in [-0.25, -0.2) is 0 Å². The minimum atomic E-state index is -0.0652. The van der Waals surface area contributed by atoms with Crippen LogP contribution in [0.3, 0.4) is 0 Å². The molecule has 1 saturated carbocycles. The maximum atomic E-state index is 12.4. The second kappa shape index (κ2) is 5.09. The number of carbonyl (C=O) groups is 1. The molecule has 0 aromatic heterocycles. The Morgan fingerprint density at radius 1 is 1.29 bits per heavy atom. The number of nitrogens with zero attached hydrogens (tertiary/aromatic N) is 1. The number of rotatable bonds is 2. The molecule has 1 aliphatic carbocycles. The topological polar surface area (TPSA) is 20.3 Å². The van der Waals surface area contributed by atoms with E-state index in [4.69, 9.17) is 0 Å². The van der Waals surface area contributed by atoms with Crippen molar-refractivity contribution < 1.29 is 4.79 Å². The first-order valence-corrected chi connectivity index (χ1v) is 7.26. The highest BCUT2D eigenvalue weighted by Crippen LogP contribution is 2.36. The third-order valence-electron chi connectivity index (χ3n) is 4.61. The van der Waals surface area contributed by atoms with E-state index in [1.807, 2.05) is 0 Å². The van der Waals surface area contributed by atoms with Crippen molar-refractivity contribution in [2.75, 3.05) is 19.6 Å². The summed E-state index contributed by atoms with van der Waals surface area (Å²) in [6.07, 6.45) is 6.10. The number of hydrogen-bond acceptors (Lipinski definition) is 2. The van der Waals surface area contributed by atoms with Crippen LogP contribution in [0.25, 0.3) is 0 Å². The average molecular weight is 237 g/mol. The Morgan fingerprint density at radius 2 is 2.06 bits per heavy atom. The lowest BCUT2D eigenvalue weighted by Gasteiger charge is -2.38. The molecule has 1 aliphatic heterocycles. The van der Waals surface area contributed by atoms with Gasteiger partial charge in [0.2, 0.25) is 0 Å². The lowest BCUT2D eigenvalue weighted by molar-refractivity contribution is -0.135. The van der Waals surface area contributed by atoms with E-state index in [1.54, 1.807) is 0 Å². The van der Waals surface area contributed by atoms with Crippen LogP contribution in [-0.4, -0.2) is 30.3 Å². The van der Waals surface area contributed by atoms with Gasteiger partial charge in [0.15, 0.2) is 0 Å². The fourth-order valence-electron chi connectivity index (χ4n) is 3.54. The molecule has 2 rings (SSSR count). The van der Waals surface area contributed by atoms with Gasteiger partial charge in [-0.3, -0.25) is 4.79 Å². The van der Waals surface area contributed by atoms with E-state index in [1.165, 1.54) is 32.4 Å². The van der Waals surface area contributed by atoms with Gasteiger partial charge in [-0.15, -0.1) is 0 Å². The molecule has 17 heavy (non-hydrogen) atoms. The molecule has 0 spiro atoms. The summed E-state index contributed by atoms with van der Waals surface area (Å²) in [5.74, 6) is 1.64. The van der Waals surface area contributed by atoms with Crippen LogP contribution in [0.2, 0.25) is 0 Å². The molecule has 2 heteroatoms. The predicted octanol–water partition coefficient (Wildman–Crippen LogP) is 3.11. The van der Waals surface area contributed by atoms with Gasteiger partial charge in [0.05, 0.1) is 0 Å². The molecule has 1 saturated heterocycles. The molecule has 2 atom stereocenters. The van der Waals surface area contributed by atoms with Gasteiger partial charge in [-0.2, -0.15) is 0 Å². The van der Waals surface area contributed by atoms with E-state index in [0.717, 1.165) is 25.3 Å². The van der Waals surface area contributed by atoms with Gasteiger partial charge in [0.1, 0.15) is 5.78 Å². The van der Waals surface area contributed by atoms with E-state index in [0.29, 0.717) is 11.7 Å². The summed E-state index contributed by atoms with van der Waals surface area (Å²) in [4.78, 5) is 14.9. The molecule has 0 aromatic carbocycles. The average Bonchev–Trinajstić information content (AvgIpc) is 2.25. The van der Waals surface area contributed by atoms with Crippen LogP contribution in [0, 0.1) is 17.3 Å². The summed E-state index contributed by atoms with van der Waals surface area (Å²) in [5, 5.41) is 0. The first-order valence-electron chi connectivity index (χ1n) is 7.26. The van der Waals surface area contributed by atoms with Crippen LogP contribution in [0.15, 0.2) is 0 Å². The van der Waals surface area contributed by atoms with Gasteiger partial charge >= 0.3 is 0 Å². The van der Waals surface area contributed by atoms with E-state index in [2.05, 4.69) is 25.7 Å². The van der Waals surface area contributed by atoms with Crippen molar-refractivity contribution in [2.45, 2.75) is 52.9 Å².